The van der Waals surface area contributed by atoms with Crippen LogP contribution in [0.4, 0.5) is 0 Å². The third-order valence-corrected chi connectivity index (χ3v) is 3.16. The molecule has 0 fully saturated rings. The quantitative estimate of drug-likeness (QED) is 0.679. The van der Waals surface area contributed by atoms with Crippen LogP contribution in [0.1, 0.15) is 17.4 Å². The van der Waals surface area contributed by atoms with Gasteiger partial charge in [-0.25, -0.2) is 13.6 Å². The normalized spacial score (nSPS) is 11.5. The molecule has 0 aliphatic rings. The van der Waals surface area contributed by atoms with Crippen molar-refractivity contribution in [3.8, 4) is 0 Å². The monoisotopic (exact) mass is 275 g/mol. The topological polar surface area (TPSA) is 103 Å². The van der Waals surface area contributed by atoms with Crippen molar-refractivity contribution in [2.45, 2.75) is 11.8 Å². The molecule has 0 saturated carbocycles. The Kier molecular flexibility index (Phi) is 4.88. The molecule has 1 aromatic heterocycles. The number of nitrogens with two attached hydrogens (primary N) is 1. The Morgan fingerprint density at radius 2 is 2.22 bits per heavy atom. The Balaban J connectivity index is 2.72. The molecule has 0 spiro atoms. The van der Waals surface area contributed by atoms with Crippen molar-refractivity contribution in [2.75, 3.05) is 19.8 Å². The van der Waals surface area contributed by atoms with Crippen LogP contribution >= 0.6 is 0 Å². The van der Waals surface area contributed by atoms with Crippen LogP contribution in [-0.4, -0.2) is 38.7 Å². The van der Waals surface area contributed by atoms with Crippen molar-refractivity contribution in [3.05, 3.63) is 18.0 Å². The van der Waals surface area contributed by atoms with E-state index >= 15 is 0 Å². The van der Waals surface area contributed by atoms with Gasteiger partial charge in [0.1, 0.15) is 10.6 Å². The fourth-order valence-electron chi connectivity index (χ4n) is 1.39. The SMILES string of the molecule is CCOCCNC(=O)c1cc(S(N)(=O)=O)cn1C. The first kappa shape index (κ1) is 14.7. The van der Waals surface area contributed by atoms with E-state index in [-0.39, 0.29) is 16.5 Å². The summed E-state index contributed by atoms with van der Waals surface area (Å²) >= 11 is 0. The second kappa shape index (κ2) is 5.98. The molecule has 0 saturated heterocycles. The van der Waals surface area contributed by atoms with Crippen molar-refractivity contribution >= 4 is 15.9 Å². The average molecular weight is 275 g/mol. The number of amides is 1. The lowest BCUT2D eigenvalue weighted by Crippen LogP contribution is -2.28. The lowest BCUT2D eigenvalue weighted by Gasteiger charge is -2.05. The van der Waals surface area contributed by atoms with Gasteiger partial charge in [-0.05, 0) is 13.0 Å². The molecule has 0 unspecified atom stereocenters. The van der Waals surface area contributed by atoms with Gasteiger partial charge in [-0.1, -0.05) is 0 Å². The molecule has 3 N–H and O–H groups in total. The van der Waals surface area contributed by atoms with Crippen LogP contribution in [0.5, 0.6) is 0 Å². The van der Waals surface area contributed by atoms with Crippen LogP contribution in [0.15, 0.2) is 17.2 Å². The van der Waals surface area contributed by atoms with Gasteiger partial charge >= 0.3 is 0 Å². The standard InChI is InChI=1S/C10H17N3O4S/c1-3-17-5-4-12-10(14)9-6-8(7-13(9)2)18(11,15)16/h6-7H,3-5H2,1-2H3,(H,12,14)(H2,11,15,16). The van der Waals surface area contributed by atoms with Gasteiger partial charge in [-0.3, -0.25) is 4.79 Å². The number of nitrogens with one attached hydrogen (secondary N) is 1. The molecular formula is C10H17N3O4S. The number of hydrogen-bond acceptors (Lipinski definition) is 4. The molecular weight excluding hydrogens is 258 g/mol. The van der Waals surface area contributed by atoms with E-state index in [0.717, 1.165) is 0 Å². The summed E-state index contributed by atoms with van der Waals surface area (Å²) in [6, 6.07) is 1.24. The van der Waals surface area contributed by atoms with Gasteiger partial charge in [0.25, 0.3) is 5.91 Å². The molecule has 1 heterocycles. The number of ether oxygens (including phenoxy) is 1. The fraction of sp³-hybridized carbons (Fsp3) is 0.500. The summed E-state index contributed by atoms with van der Waals surface area (Å²) in [4.78, 5) is 11.7. The largest absolute Gasteiger partial charge is 0.380 e. The highest BCUT2D eigenvalue weighted by molar-refractivity contribution is 7.89. The molecule has 0 radical (unpaired) electrons. The fourth-order valence-corrected chi connectivity index (χ4v) is 1.97. The number of sulfonamides is 1. The van der Waals surface area contributed by atoms with Gasteiger partial charge in [-0.2, -0.15) is 0 Å². The van der Waals surface area contributed by atoms with E-state index in [1.54, 1.807) is 7.05 Å². The van der Waals surface area contributed by atoms with Crippen molar-refractivity contribution in [2.24, 2.45) is 12.2 Å². The van der Waals surface area contributed by atoms with Crippen LogP contribution < -0.4 is 10.5 Å². The second-order valence-corrected chi connectivity index (χ2v) is 5.23. The highest BCUT2D eigenvalue weighted by atomic mass is 32.2. The van der Waals surface area contributed by atoms with Crippen molar-refractivity contribution in [1.29, 1.82) is 0 Å². The number of aryl methyl sites for hydroxylation is 1. The Morgan fingerprint density at radius 3 is 2.72 bits per heavy atom. The summed E-state index contributed by atoms with van der Waals surface area (Å²) in [5.41, 5.74) is 0.232. The van der Waals surface area contributed by atoms with Crippen LogP contribution in [0.25, 0.3) is 0 Å². The van der Waals surface area contributed by atoms with E-state index in [9.17, 15) is 13.2 Å². The number of primary sulfonamides is 1. The first-order valence-electron chi connectivity index (χ1n) is 5.41. The molecule has 1 aromatic rings. The summed E-state index contributed by atoms with van der Waals surface area (Å²) < 4.78 is 28.8. The molecule has 8 heteroatoms. The predicted octanol–water partition coefficient (Wildman–Crippen LogP) is -0.561. The minimum Gasteiger partial charge on any atom is -0.380 e. The number of carbonyl (C=O) groups excluding carboxylic acids is 1. The third-order valence-electron chi connectivity index (χ3n) is 2.28. The molecule has 7 nitrogen and oxygen atoms in total. The smallest absolute Gasteiger partial charge is 0.268 e. The third kappa shape index (κ3) is 3.83. The van der Waals surface area contributed by atoms with E-state index in [2.05, 4.69) is 5.32 Å². The number of rotatable bonds is 6. The summed E-state index contributed by atoms with van der Waals surface area (Å²) in [6.45, 7) is 3.21. The predicted molar refractivity (Wildman–Crippen MR) is 65.6 cm³/mol. The van der Waals surface area contributed by atoms with Crippen LogP contribution in [0.3, 0.4) is 0 Å². The molecule has 0 aromatic carbocycles. The molecule has 0 aliphatic carbocycles. The highest BCUT2D eigenvalue weighted by Crippen LogP contribution is 2.11. The van der Waals surface area contributed by atoms with Gasteiger partial charge in [0.15, 0.2) is 0 Å². The molecule has 0 atom stereocenters. The van der Waals surface area contributed by atoms with Gasteiger partial charge in [0.05, 0.1) is 6.61 Å². The van der Waals surface area contributed by atoms with Crippen molar-refractivity contribution in [3.63, 3.8) is 0 Å². The lowest BCUT2D eigenvalue weighted by molar-refractivity contribution is 0.0914. The van der Waals surface area contributed by atoms with Crippen LogP contribution in [-0.2, 0) is 21.8 Å². The van der Waals surface area contributed by atoms with Crippen molar-refractivity contribution in [1.82, 2.24) is 9.88 Å². The first-order valence-corrected chi connectivity index (χ1v) is 6.96. The molecule has 0 aliphatic heterocycles. The summed E-state index contributed by atoms with van der Waals surface area (Å²) in [5.74, 6) is -0.368. The number of nitrogens with zero attached hydrogens (tertiary/aromatic N) is 1. The maximum absolute atomic E-state index is 11.7. The van der Waals surface area contributed by atoms with Gasteiger partial charge < -0.3 is 14.6 Å². The Hall–Kier alpha value is -1.38. The summed E-state index contributed by atoms with van der Waals surface area (Å²) in [5, 5.41) is 7.60. The van der Waals surface area contributed by atoms with Crippen molar-refractivity contribution < 1.29 is 17.9 Å². The zero-order valence-electron chi connectivity index (χ0n) is 10.3. The number of aromatic nitrogens is 1. The zero-order chi connectivity index (χ0) is 13.8. The molecule has 1 rings (SSSR count). The minimum absolute atomic E-state index is 0.0834. The summed E-state index contributed by atoms with van der Waals surface area (Å²) in [7, 11) is -2.22. The van der Waals surface area contributed by atoms with Gasteiger partial charge in [0, 0.05) is 26.4 Å². The van der Waals surface area contributed by atoms with Crippen LogP contribution in [0.2, 0.25) is 0 Å². The van der Waals surface area contributed by atoms with E-state index in [0.29, 0.717) is 19.8 Å². The number of carbonyl (C=O) groups is 1. The first-order chi connectivity index (χ1) is 8.36. The van der Waals surface area contributed by atoms with E-state index in [1.807, 2.05) is 6.92 Å². The Bertz CT molecular complexity index is 521. The Morgan fingerprint density at radius 1 is 1.56 bits per heavy atom. The van der Waals surface area contributed by atoms with E-state index in [1.165, 1.54) is 16.8 Å². The number of hydrogen-bond donors (Lipinski definition) is 2. The lowest BCUT2D eigenvalue weighted by atomic mass is 10.4. The van der Waals surface area contributed by atoms with E-state index < -0.39 is 10.0 Å². The van der Waals surface area contributed by atoms with Gasteiger partial charge in [0.2, 0.25) is 10.0 Å². The molecule has 18 heavy (non-hydrogen) atoms. The second-order valence-electron chi connectivity index (χ2n) is 3.67. The average Bonchev–Trinajstić information content (AvgIpc) is 2.66. The molecule has 0 bridgehead atoms. The maximum Gasteiger partial charge on any atom is 0.268 e. The highest BCUT2D eigenvalue weighted by Gasteiger charge is 2.16. The Labute approximate surface area is 106 Å². The summed E-state index contributed by atoms with van der Waals surface area (Å²) in [6.07, 6.45) is 1.30. The maximum atomic E-state index is 11.7. The van der Waals surface area contributed by atoms with Gasteiger partial charge in [-0.15, -0.1) is 0 Å². The van der Waals surface area contributed by atoms with Crippen LogP contribution in [0, 0.1) is 0 Å². The molecule has 102 valence electrons. The zero-order valence-corrected chi connectivity index (χ0v) is 11.2. The molecule has 1 amide bonds. The minimum atomic E-state index is -3.79. The van der Waals surface area contributed by atoms with E-state index in [4.69, 9.17) is 9.88 Å².